The lowest BCUT2D eigenvalue weighted by Gasteiger charge is -2.09. The largest absolute Gasteiger partial charge is 0.334 e. The summed E-state index contributed by atoms with van der Waals surface area (Å²) in [6.07, 6.45) is 1.89. The molecular weight excluding hydrogens is 306 g/mol. The lowest BCUT2D eigenvalue weighted by Crippen LogP contribution is -2.33. The van der Waals surface area contributed by atoms with Gasteiger partial charge in [-0.05, 0) is 37.3 Å². The molecule has 2 aromatic heterocycles. The van der Waals surface area contributed by atoms with E-state index in [2.05, 4.69) is 9.97 Å². The number of aromatic nitrogens is 3. The minimum absolute atomic E-state index is 0.319. The van der Waals surface area contributed by atoms with Gasteiger partial charge in [-0.3, -0.25) is 9.78 Å². The first-order valence-electron chi connectivity index (χ1n) is 6.29. The van der Waals surface area contributed by atoms with Crippen LogP contribution in [0.15, 0.2) is 32.1 Å². The molecule has 0 unspecified atom stereocenters. The van der Waals surface area contributed by atoms with E-state index in [-0.39, 0.29) is 5.56 Å². The van der Waals surface area contributed by atoms with E-state index in [9.17, 15) is 9.59 Å². The number of hydrogen-bond acceptors (Lipinski definition) is 5. The quantitative estimate of drug-likeness (QED) is 0.737. The summed E-state index contributed by atoms with van der Waals surface area (Å²) >= 11 is 2.75. The van der Waals surface area contributed by atoms with Crippen LogP contribution in [-0.2, 0) is 0 Å². The number of hydrogen-bond donors (Lipinski definition) is 1. The molecular formula is C14H13N3O2S2. The Kier molecular flexibility index (Phi) is 3.46. The minimum Gasteiger partial charge on any atom is -0.290 e. The molecule has 0 amide bonds. The summed E-state index contributed by atoms with van der Waals surface area (Å²) in [5.41, 5.74) is 2.15. The molecule has 108 valence electrons. The van der Waals surface area contributed by atoms with Gasteiger partial charge in [-0.1, -0.05) is 23.9 Å². The van der Waals surface area contributed by atoms with Gasteiger partial charge in [0.15, 0.2) is 9.99 Å². The molecule has 0 aliphatic heterocycles. The van der Waals surface area contributed by atoms with Crippen LogP contribution in [0.5, 0.6) is 0 Å². The zero-order valence-electron chi connectivity index (χ0n) is 11.8. The fourth-order valence-electron chi connectivity index (χ4n) is 2.17. The van der Waals surface area contributed by atoms with Gasteiger partial charge in [0.1, 0.15) is 4.70 Å². The van der Waals surface area contributed by atoms with E-state index in [4.69, 9.17) is 0 Å². The summed E-state index contributed by atoms with van der Waals surface area (Å²) in [7, 11) is 0. The molecule has 1 aromatic carbocycles. The summed E-state index contributed by atoms with van der Waals surface area (Å²) in [5.74, 6) is 0. The lowest BCUT2D eigenvalue weighted by atomic mass is 10.1. The molecule has 0 saturated carbocycles. The second-order valence-corrected chi connectivity index (χ2v) is 6.70. The molecule has 7 heteroatoms. The fourth-order valence-corrected chi connectivity index (χ4v) is 3.61. The number of rotatable bonds is 2. The number of nitrogens with zero attached hydrogens (tertiary/aromatic N) is 2. The average Bonchev–Trinajstić information content (AvgIpc) is 2.86. The van der Waals surface area contributed by atoms with Crippen molar-refractivity contribution < 1.29 is 0 Å². The maximum Gasteiger partial charge on any atom is 0.334 e. The van der Waals surface area contributed by atoms with Gasteiger partial charge < -0.3 is 0 Å². The van der Waals surface area contributed by atoms with Crippen molar-refractivity contribution in [1.82, 2.24) is 14.5 Å². The number of aromatic amines is 1. The van der Waals surface area contributed by atoms with Gasteiger partial charge >= 0.3 is 5.69 Å². The second kappa shape index (κ2) is 5.16. The number of thioether (sulfide) groups is 1. The fraction of sp³-hybridized carbons (Fsp3) is 0.214. The van der Waals surface area contributed by atoms with Gasteiger partial charge in [-0.25, -0.2) is 14.3 Å². The van der Waals surface area contributed by atoms with Crippen molar-refractivity contribution in [2.75, 3.05) is 6.26 Å². The highest BCUT2D eigenvalue weighted by molar-refractivity contribution is 8.00. The van der Waals surface area contributed by atoms with E-state index < -0.39 is 5.69 Å². The highest BCUT2D eigenvalue weighted by Gasteiger charge is 2.15. The van der Waals surface area contributed by atoms with Crippen LogP contribution in [0, 0.1) is 13.8 Å². The molecule has 3 rings (SSSR count). The van der Waals surface area contributed by atoms with Gasteiger partial charge in [-0.15, -0.1) is 11.3 Å². The minimum atomic E-state index is -0.459. The third-order valence-corrected chi connectivity index (χ3v) is 5.45. The van der Waals surface area contributed by atoms with Crippen molar-refractivity contribution in [2.45, 2.75) is 18.2 Å². The lowest BCUT2D eigenvalue weighted by molar-refractivity contribution is 0.889. The molecule has 0 aliphatic rings. The Bertz CT molecular complexity index is 953. The molecule has 0 atom stereocenters. The Morgan fingerprint density at radius 1 is 1.29 bits per heavy atom. The van der Waals surface area contributed by atoms with Crippen molar-refractivity contribution in [1.29, 1.82) is 0 Å². The number of H-pyrrole nitrogens is 1. The van der Waals surface area contributed by atoms with Crippen LogP contribution in [-0.4, -0.2) is 20.8 Å². The van der Waals surface area contributed by atoms with Crippen LogP contribution >= 0.6 is 23.1 Å². The van der Waals surface area contributed by atoms with E-state index in [0.717, 1.165) is 15.5 Å². The van der Waals surface area contributed by atoms with Crippen molar-refractivity contribution in [2.24, 2.45) is 0 Å². The van der Waals surface area contributed by atoms with Gasteiger partial charge in [0.05, 0.1) is 5.69 Å². The maximum atomic E-state index is 12.6. The van der Waals surface area contributed by atoms with Crippen molar-refractivity contribution >= 4 is 33.4 Å². The molecule has 21 heavy (non-hydrogen) atoms. The zero-order valence-corrected chi connectivity index (χ0v) is 13.4. The highest BCUT2D eigenvalue weighted by atomic mass is 32.2. The summed E-state index contributed by atoms with van der Waals surface area (Å²) in [6.45, 7) is 3.86. The van der Waals surface area contributed by atoms with Crippen LogP contribution in [0.2, 0.25) is 0 Å². The molecule has 0 spiro atoms. The van der Waals surface area contributed by atoms with E-state index >= 15 is 0 Å². The van der Waals surface area contributed by atoms with E-state index in [1.165, 1.54) is 27.7 Å². The summed E-state index contributed by atoms with van der Waals surface area (Å²) in [4.78, 5) is 31.9. The summed E-state index contributed by atoms with van der Waals surface area (Å²) in [6, 6.07) is 5.57. The van der Waals surface area contributed by atoms with E-state index in [1.54, 1.807) is 6.07 Å². The smallest absolute Gasteiger partial charge is 0.290 e. The Hall–Kier alpha value is -1.86. The summed E-state index contributed by atoms with van der Waals surface area (Å²) < 4.78 is 2.42. The normalized spacial score (nSPS) is 11.2. The molecule has 0 bridgehead atoms. The number of nitrogens with one attached hydrogen (secondary N) is 1. The number of fused-ring (bicyclic) bond motifs is 1. The number of benzene rings is 1. The second-order valence-electron chi connectivity index (χ2n) is 4.65. The van der Waals surface area contributed by atoms with Crippen LogP contribution in [0.4, 0.5) is 0 Å². The molecule has 3 aromatic rings. The van der Waals surface area contributed by atoms with E-state index in [0.29, 0.717) is 16.0 Å². The molecule has 2 heterocycles. The standard InChI is InChI=1S/C14H13N3O2S2/c1-7-5-4-6-9(8(7)2)17-12(18)10-11(15-13(17)19)16-14(20-3)21-10/h4-6H,1-3H3,(H,15,19). The zero-order chi connectivity index (χ0) is 15.1. The predicted octanol–water partition coefficient (Wildman–Crippen LogP) is 2.47. The average molecular weight is 319 g/mol. The van der Waals surface area contributed by atoms with Crippen molar-refractivity contribution in [3.05, 3.63) is 50.2 Å². The molecule has 0 saturated heterocycles. The Labute approximate surface area is 128 Å². The van der Waals surface area contributed by atoms with Gasteiger partial charge in [0.2, 0.25) is 0 Å². The Balaban J connectivity index is 2.40. The first kappa shape index (κ1) is 14.1. The Morgan fingerprint density at radius 3 is 2.76 bits per heavy atom. The van der Waals surface area contributed by atoms with Gasteiger partial charge in [-0.2, -0.15) is 0 Å². The van der Waals surface area contributed by atoms with Crippen molar-refractivity contribution in [3.63, 3.8) is 0 Å². The van der Waals surface area contributed by atoms with Crippen LogP contribution < -0.4 is 11.2 Å². The molecule has 0 fully saturated rings. The monoisotopic (exact) mass is 319 g/mol. The third kappa shape index (κ3) is 2.22. The first-order valence-corrected chi connectivity index (χ1v) is 8.33. The van der Waals surface area contributed by atoms with Gasteiger partial charge in [0, 0.05) is 0 Å². The van der Waals surface area contributed by atoms with Crippen LogP contribution in [0.25, 0.3) is 16.0 Å². The number of thiazole rings is 1. The molecule has 5 nitrogen and oxygen atoms in total. The van der Waals surface area contributed by atoms with Crippen molar-refractivity contribution in [3.8, 4) is 5.69 Å². The maximum absolute atomic E-state index is 12.6. The van der Waals surface area contributed by atoms with E-state index in [1.807, 2.05) is 32.2 Å². The Morgan fingerprint density at radius 2 is 2.05 bits per heavy atom. The van der Waals surface area contributed by atoms with Gasteiger partial charge in [0.25, 0.3) is 5.56 Å². The molecule has 0 radical (unpaired) electrons. The van der Waals surface area contributed by atoms with Crippen LogP contribution in [0.3, 0.4) is 0 Å². The topological polar surface area (TPSA) is 67.8 Å². The summed E-state index contributed by atoms with van der Waals surface area (Å²) in [5, 5.41) is 0. The predicted molar refractivity (Wildman–Crippen MR) is 87.1 cm³/mol. The highest BCUT2D eigenvalue weighted by Crippen LogP contribution is 2.24. The number of aryl methyl sites for hydroxylation is 1. The van der Waals surface area contributed by atoms with Crippen LogP contribution in [0.1, 0.15) is 11.1 Å². The molecule has 0 aliphatic carbocycles. The molecule has 1 N–H and O–H groups in total. The first-order chi connectivity index (χ1) is 10.0. The third-order valence-electron chi connectivity index (χ3n) is 3.42. The SMILES string of the molecule is CSc1nc2[nH]c(=O)n(-c3cccc(C)c3C)c(=O)c2s1.